The Kier molecular flexibility index (Phi) is 3.97. The Labute approximate surface area is 97.7 Å². The topological polar surface area (TPSA) is 32.3 Å². The number of aliphatic hydroxyl groups is 1. The lowest BCUT2D eigenvalue weighted by Gasteiger charge is -2.22. The van der Waals surface area contributed by atoms with Crippen molar-refractivity contribution in [3.05, 3.63) is 35.9 Å². The normalized spacial score (nSPS) is 19.4. The SMILES string of the molecule is CC(CC1CC1)N[C@H](CO)c1ccccc1. The fourth-order valence-corrected chi connectivity index (χ4v) is 2.20. The molecular weight excluding hydrogens is 198 g/mol. The second-order valence-corrected chi connectivity index (χ2v) is 4.89. The van der Waals surface area contributed by atoms with Gasteiger partial charge in [-0.3, -0.25) is 0 Å². The van der Waals surface area contributed by atoms with Crippen molar-refractivity contribution in [1.29, 1.82) is 0 Å². The Bertz CT molecular complexity index is 308. The van der Waals surface area contributed by atoms with Gasteiger partial charge in [-0.25, -0.2) is 0 Å². The maximum Gasteiger partial charge on any atom is 0.0626 e. The summed E-state index contributed by atoms with van der Waals surface area (Å²) in [4.78, 5) is 0. The van der Waals surface area contributed by atoms with Crippen molar-refractivity contribution in [2.45, 2.75) is 38.3 Å². The molecule has 0 radical (unpaired) electrons. The average Bonchev–Trinajstić information content (AvgIpc) is 3.11. The Morgan fingerprint density at radius 3 is 2.56 bits per heavy atom. The van der Waals surface area contributed by atoms with Gasteiger partial charge in [0.15, 0.2) is 0 Å². The minimum Gasteiger partial charge on any atom is -0.394 e. The number of nitrogens with one attached hydrogen (secondary N) is 1. The summed E-state index contributed by atoms with van der Waals surface area (Å²) in [5.74, 6) is 0.928. The maximum atomic E-state index is 9.42. The third-order valence-corrected chi connectivity index (χ3v) is 3.25. The van der Waals surface area contributed by atoms with Crippen molar-refractivity contribution in [3.63, 3.8) is 0 Å². The largest absolute Gasteiger partial charge is 0.394 e. The van der Waals surface area contributed by atoms with E-state index in [0.717, 1.165) is 5.92 Å². The second-order valence-electron chi connectivity index (χ2n) is 4.89. The summed E-state index contributed by atoms with van der Waals surface area (Å²) in [5, 5.41) is 12.9. The number of aliphatic hydroxyl groups excluding tert-OH is 1. The summed E-state index contributed by atoms with van der Waals surface area (Å²) in [6.07, 6.45) is 4.02. The standard InChI is InChI=1S/C14H21NO/c1-11(9-12-7-8-12)15-14(10-16)13-5-3-2-4-6-13/h2-6,11-12,14-16H,7-10H2,1H3/t11?,14-/m1/s1. The van der Waals surface area contributed by atoms with Gasteiger partial charge in [-0.15, -0.1) is 0 Å². The Hall–Kier alpha value is -0.860. The molecule has 1 aliphatic rings. The molecule has 2 atom stereocenters. The van der Waals surface area contributed by atoms with Crippen molar-refractivity contribution < 1.29 is 5.11 Å². The quantitative estimate of drug-likeness (QED) is 0.770. The van der Waals surface area contributed by atoms with Crippen LogP contribution in [0.1, 0.15) is 37.8 Å². The first kappa shape index (κ1) is 11.6. The summed E-state index contributed by atoms with van der Waals surface area (Å²) in [7, 11) is 0. The Balaban J connectivity index is 1.89. The summed E-state index contributed by atoms with van der Waals surface area (Å²) in [5.41, 5.74) is 1.17. The van der Waals surface area contributed by atoms with Crippen LogP contribution in [-0.4, -0.2) is 17.8 Å². The zero-order valence-electron chi connectivity index (χ0n) is 9.89. The van der Waals surface area contributed by atoms with Crippen molar-refractivity contribution >= 4 is 0 Å². The average molecular weight is 219 g/mol. The first-order valence-electron chi connectivity index (χ1n) is 6.21. The third kappa shape index (κ3) is 3.32. The van der Waals surface area contributed by atoms with E-state index < -0.39 is 0 Å². The molecule has 0 amide bonds. The summed E-state index contributed by atoms with van der Waals surface area (Å²) < 4.78 is 0. The molecule has 0 aliphatic heterocycles. The first-order valence-corrected chi connectivity index (χ1v) is 6.21. The number of rotatable bonds is 6. The first-order chi connectivity index (χ1) is 7.79. The molecule has 2 heteroatoms. The van der Waals surface area contributed by atoms with Crippen LogP contribution in [0.2, 0.25) is 0 Å². The van der Waals surface area contributed by atoms with Crippen LogP contribution in [0, 0.1) is 5.92 Å². The molecule has 2 nitrogen and oxygen atoms in total. The number of hydrogen-bond donors (Lipinski definition) is 2. The second kappa shape index (κ2) is 5.46. The van der Waals surface area contributed by atoms with Crippen LogP contribution in [0.5, 0.6) is 0 Å². The van der Waals surface area contributed by atoms with Gasteiger partial charge in [-0.05, 0) is 24.8 Å². The summed E-state index contributed by atoms with van der Waals surface area (Å²) >= 11 is 0. The molecule has 1 unspecified atom stereocenters. The van der Waals surface area contributed by atoms with Crippen LogP contribution in [0.15, 0.2) is 30.3 Å². The van der Waals surface area contributed by atoms with Gasteiger partial charge in [0.05, 0.1) is 12.6 Å². The fourth-order valence-electron chi connectivity index (χ4n) is 2.20. The predicted molar refractivity (Wildman–Crippen MR) is 66.2 cm³/mol. The lowest BCUT2D eigenvalue weighted by molar-refractivity contribution is 0.232. The van der Waals surface area contributed by atoms with E-state index >= 15 is 0 Å². The Morgan fingerprint density at radius 2 is 2.00 bits per heavy atom. The van der Waals surface area contributed by atoms with Gasteiger partial charge in [0.25, 0.3) is 0 Å². The van der Waals surface area contributed by atoms with E-state index in [1.807, 2.05) is 18.2 Å². The molecule has 1 saturated carbocycles. The molecule has 16 heavy (non-hydrogen) atoms. The molecule has 88 valence electrons. The van der Waals surface area contributed by atoms with E-state index in [1.165, 1.54) is 24.8 Å². The monoisotopic (exact) mass is 219 g/mol. The van der Waals surface area contributed by atoms with Crippen LogP contribution < -0.4 is 5.32 Å². The van der Waals surface area contributed by atoms with Gasteiger partial charge in [-0.2, -0.15) is 0 Å². The molecule has 1 fully saturated rings. The highest BCUT2D eigenvalue weighted by Gasteiger charge is 2.24. The molecule has 1 aromatic rings. The van der Waals surface area contributed by atoms with Gasteiger partial charge >= 0.3 is 0 Å². The highest BCUT2D eigenvalue weighted by atomic mass is 16.3. The third-order valence-electron chi connectivity index (χ3n) is 3.25. The van der Waals surface area contributed by atoms with Crippen molar-refractivity contribution in [3.8, 4) is 0 Å². The zero-order chi connectivity index (χ0) is 11.4. The predicted octanol–water partition coefficient (Wildman–Crippen LogP) is 2.50. The minimum atomic E-state index is 0.0787. The summed E-state index contributed by atoms with van der Waals surface area (Å²) in [6, 6.07) is 10.7. The van der Waals surface area contributed by atoms with E-state index in [4.69, 9.17) is 0 Å². The van der Waals surface area contributed by atoms with Crippen LogP contribution >= 0.6 is 0 Å². The molecule has 0 aromatic heterocycles. The van der Waals surface area contributed by atoms with Crippen LogP contribution in [0.3, 0.4) is 0 Å². The van der Waals surface area contributed by atoms with Crippen molar-refractivity contribution in [1.82, 2.24) is 5.32 Å². The highest BCUT2D eigenvalue weighted by molar-refractivity contribution is 5.19. The van der Waals surface area contributed by atoms with Gasteiger partial charge in [0, 0.05) is 6.04 Å². The van der Waals surface area contributed by atoms with Crippen LogP contribution in [-0.2, 0) is 0 Å². The van der Waals surface area contributed by atoms with E-state index in [1.54, 1.807) is 0 Å². The molecular formula is C14H21NO. The Morgan fingerprint density at radius 1 is 1.31 bits per heavy atom. The lowest BCUT2D eigenvalue weighted by Crippen LogP contribution is -2.32. The number of hydrogen-bond acceptors (Lipinski definition) is 2. The smallest absolute Gasteiger partial charge is 0.0626 e. The van der Waals surface area contributed by atoms with Crippen LogP contribution in [0.4, 0.5) is 0 Å². The van der Waals surface area contributed by atoms with Gasteiger partial charge in [-0.1, -0.05) is 43.2 Å². The highest BCUT2D eigenvalue weighted by Crippen LogP contribution is 2.33. The van der Waals surface area contributed by atoms with E-state index in [2.05, 4.69) is 24.4 Å². The fraction of sp³-hybridized carbons (Fsp3) is 0.571. The molecule has 2 N–H and O–H groups in total. The van der Waals surface area contributed by atoms with Gasteiger partial charge in [0.1, 0.15) is 0 Å². The molecule has 0 spiro atoms. The zero-order valence-corrected chi connectivity index (χ0v) is 9.89. The molecule has 1 aliphatic carbocycles. The molecule has 0 bridgehead atoms. The number of benzene rings is 1. The van der Waals surface area contributed by atoms with Crippen LogP contribution in [0.25, 0.3) is 0 Å². The van der Waals surface area contributed by atoms with E-state index in [9.17, 15) is 5.11 Å². The molecule has 1 aromatic carbocycles. The van der Waals surface area contributed by atoms with Gasteiger partial charge < -0.3 is 10.4 Å². The summed E-state index contributed by atoms with van der Waals surface area (Å²) in [6.45, 7) is 2.38. The van der Waals surface area contributed by atoms with Crippen molar-refractivity contribution in [2.75, 3.05) is 6.61 Å². The van der Waals surface area contributed by atoms with Gasteiger partial charge in [0.2, 0.25) is 0 Å². The molecule has 0 saturated heterocycles. The molecule has 2 rings (SSSR count). The molecule has 0 heterocycles. The van der Waals surface area contributed by atoms with Crippen molar-refractivity contribution in [2.24, 2.45) is 5.92 Å². The van der Waals surface area contributed by atoms with E-state index in [-0.39, 0.29) is 12.6 Å². The van der Waals surface area contributed by atoms with E-state index in [0.29, 0.717) is 6.04 Å². The minimum absolute atomic E-state index is 0.0787. The lowest BCUT2D eigenvalue weighted by atomic mass is 10.1. The maximum absolute atomic E-state index is 9.42.